The Kier molecular flexibility index (Phi) is 3.91. The van der Waals surface area contributed by atoms with Crippen molar-refractivity contribution < 1.29 is 0 Å². The molecular formula is C12H13ClN2S. The minimum atomic E-state index is 0.575. The molecule has 0 saturated carbocycles. The minimum Gasteiger partial charge on any atom is -0.276 e. The highest BCUT2D eigenvalue weighted by molar-refractivity contribution is 7.98. The van der Waals surface area contributed by atoms with Crippen molar-refractivity contribution in [1.82, 2.24) is 9.78 Å². The third-order valence-corrected chi connectivity index (χ3v) is 3.59. The Morgan fingerprint density at radius 1 is 1.25 bits per heavy atom. The van der Waals surface area contributed by atoms with Crippen molar-refractivity contribution in [3.63, 3.8) is 0 Å². The number of rotatable bonds is 4. The van der Waals surface area contributed by atoms with E-state index in [2.05, 4.69) is 29.4 Å². The molecule has 16 heavy (non-hydrogen) atoms. The summed E-state index contributed by atoms with van der Waals surface area (Å²) in [6.45, 7) is 0. The number of nitrogens with zero attached hydrogens (tertiary/aromatic N) is 2. The van der Waals surface area contributed by atoms with E-state index >= 15 is 0 Å². The third kappa shape index (κ3) is 3.03. The van der Waals surface area contributed by atoms with E-state index in [0.29, 0.717) is 5.88 Å². The average Bonchev–Trinajstić information content (AvgIpc) is 2.73. The number of aryl methyl sites for hydroxylation is 1. The van der Waals surface area contributed by atoms with Gasteiger partial charge in [-0.05, 0) is 23.8 Å². The van der Waals surface area contributed by atoms with Crippen molar-refractivity contribution in [3.8, 4) is 0 Å². The van der Waals surface area contributed by atoms with Crippen molar-refractivity contribution in [2.45, 2.75) is 16.5 Å². The lowest BCUT2D eigenvalue weighted by molar-refractivity contribution is 0.755. The maximum atomic E-state index is 5.74. The lowest BCUT2D eigenvalue weighted by atomic mass is 10.2. The Hall–Kier alpha value is -0.930. The lowest BCUT2D eigenvalue weighted by Crippen LogP contribution is -1.89. The molecule has 0 amide bonds. The number of alkyl halides is 1. The Morgan fingerprint density at radius 3 is 2.56 bits per heavy atom. The zero-order valence-corrected chi connectivity index (χ0v) is 10.6. The van der Waals surface area contributed by atoms with Crippen LogP contribution in [0.25, 0.3) is 0 Å². The summed E-state index contributed by atoms with van der Waals surface area (Å²) in [6.07, 6.45) is 1.96. The first-order valence-electron chi connectivity index (χ1n) is 5.04. The molecule has 0 unspecified atom stereocenters. The Balaban J connectivity index is 1.94. The Labute approximate surface area is 105 Å². The number of thioether (sulfide) groups is 1. The van der Waals surface area contributed by atoms with Crippen LogP contribution in [0.2, 0.25) is 0 Å². The van der Waals surface area contributed by atoms with Crippen LogP contribution in [0.4, 0.5) is 0 Å². The van der Waals surface area contributed by atoms with Gasteiger partial charge in [0.15, 0.2) is 0 Å². The van der Waals surface area contributed by atoms with E-state index in [1.54, 1.807) is 11.8 Å². The van der Waals surface area contributed by atoms with Crippen molar-refractivity contribution in [2.75, 3.05) is 0 Å². The van der Waals surface area contributed by atoms with E-state index in [9.17, 15) is 0 Å². The Bertz CT molecular complexity index is 450. The molecule has 0 fully saturated rings. The molecule has 2 rings (SSSR count). The maximum absolute atomic E-state index is 5.74. The number of benzene rings is 1. The molecule has 4 heteroatoms. The van der Waals surface area contributed by atoms with Gasteiger partial charge in [0.1, 0.15) is 0 Å². The lowest BCUT2D eigenvalue weighted by Gasteiger charge is -2.00. The van der Waals surface area contributed by atoms with Crippen LogP contribution in [0.3, 0.4) is 0 Å². The van der Waals surface area contributed by atoms with E-state index in [0.717, 1.165) is 17.0 Å². The highest BCUT2D eigenvalue weighted by Gasteiger charge is 1.99. The predicted molar refractivity (Wildman–Crippen MR) is 68.8 cm³/mol. The van der Waals surface area contributed by atoms with Crippen LogP contribution < -0.4 is 0 Å². The highest BCUT2D eigenvalue weighted by atomic mass is 35.5. The van der Waals surface area contributed by atoms with Crippen LogP contribution in [0.5, 0.6) is 0 Å². The maximum Gasteiger partial charge on any atom is 0.0727 e. The molecular weight excluding hydrogens is 240 g/mol. The summed E-state index contributed by atoms with van der Waals surface area (Å²) in [4.78, 5) is 1.25. The number of aromatic nitrogens is 2. The first-order valence-corrected chi connectivity index (χ1v) is 6.56. The van der Waals surface area contributed by atoms with E-state index in [1.807, 2.05) is 24.0 Å². The molecule has 0 aliphatic carbocycles. The molecule has 0 aliphatic heterocycles. The fraction of sp³-hybridized carbons (Fsp3) is 0.250. The zero-order chi connectivity index (χ0) is 11.4. The quantitative estimate of drug-likeness (QED) is 0.613. The van der Waals surface area contributed by atoms with E-state index in [1.165, 1.54) is 4.90 Å². The van der Waals surface area contributed by atoms with Crippen LogP contribution in [0, 0.1) is 0 Å². The van der Waals surface area contributed by atoms with Crippen molar-refractivity contribution in [2.24, 2.45) is 7.05 Å². The normalized spacial score (nSPS) is 10.6. The standard InChI is InChI=1S/C12H13ClN2S/c1-15-7-6-11(14-15)9-16-12-4-2-10(8-13)3-5-12/h2-7H,8-9H2,1H3. The molecule has 2 nitrogen and oxygen atoms in total. The first-order chi connectivity index (χ1) is 7.78. The van der Waals surface area contributed by atoms with Crippen LogP contribution in [0.15, 0.2) is 41.4 Å². The summed E-state index contributed by atoms with van der Waals surface area (Å²) in [7, 11) is 1.93. The molecule has 0 spiro atoms. The summed E-state index contributed by atoms with van der Waals surface area (Å²) in [5.41, 5.74) is 2.26. The van der Waals surface area contributed by atoms with Gasteiger partial charge < -0.3 is 0 Å². The van der Waals surface area contributed by atoms with Crippen LogP contribution in [-0.2, 0) is 18.7 Å². The second-order valence-electron chi connectivity index (χ2n) is 3.55. The van der Waals surface area contributed by atoms with Gasteiger partial charge in [-0.25, -0.2) is 0 Å². The minimum absolute atomic E-state index is 0.575. The van der Waals surface area contributed by atoms with E-state index in [4.69, 9.17) is 11.6 Å². The molecule has 84 valence electrons. The summed E-state index contributed by atoms with van der Waals surface area (Å²) in [6, 6.07) is 10.4. The highest BCUT2D eigenvalue weighted by Crippen LogP contribution is 2.22. The van der Waals surface area contributed by atoms with Gasteiger partial charge in [0.05, 0.1) is 5.69 Å². The summed E-state index contributed by atoms with van der Waals surface area (Å²) < 4.78 is 1.83. The van der Waals surface area contributed by atoms with Gasteiger partial charge in [0.25, 0.3) is 0 Å². The van der Waals surface area contributed by atoms with Gasteiger partial charge in [-0.15, -0.1) is 23.4 Å². The smallest absolute Gasteiger partial charge is 0.0727 e. The van der Waals surface area contributed by atoms with Crippen LogP contribution in [-0.4, -0.2) is 9.78 Å². The topological polar surface area (TPSA) is 17.8 Å². The van der Waals surface area contributed by atoms with Crippen molar-refractivity contribution in [3.05, 3.63) is 47.8 Å². The second kappa shape index (κ2) is 5.41. The largest absolute Gasteiger partial charge is 0.276 e. The first kappa shape index (κ1) is 11.6. The molecule has 0 atom stereocenters. The molecule has 0 bridgehead atoms. The average molecular weight is 253 g/mol. The molecule has 0 aliphatic rings. The monoisotopic (exact) mass is 252 g/mol. The SMILES string of the molecule is Cn1ccc(CSc2ccc(CCl)cc2)n1. The molecule has 0 radical (unpaired) electrons. The molecule has 1 aromatic heterocycles. The van der Waals surface area contributed by atoms with Gasteiger partial charge >= 0.3 is 0 Å². The summed E-state index contributed by atoms with van der Waals surface area (Å²) >= 11 is 7.52. The van der Waals surface area contributed by atoms with E-state index < -0.39 is 0 Å². The molecule has 1 heterocycles. The van der Waals surface area contributed by atoms with Gasteiger partial charge in [-0.1, -0.05) is 12.1 Å². The molecule has 2 aromatic rings. The Morgan fingerprint density at radius 2 is 2.00 bits per heavy atom. The van der Waals surface area contributed by atoms with E-state index in [-0.39, 0.29) is 0 Å². The molecule has 1 aromatic carbocycles. The van der Waals surface area contributed by atoms with Crippen molar-refractivity contribution >= 4 is 23.4 Å². The third-order valence-electron chi connectivity index (χ3n) is 2.23. The predicted octanol–water partition coefficient (Wildman–Crippen LogP) is 3.45. The van der Waals surface area contributed by atoms with Gasteiger partial charge in [-0.3, -0.25) is 4.68 Å². The summed E-state index contributed by atoms with van der Waals surface area (Å²) in [5.74, 6) is 1.48. The number of halogens is 1. The van der Waals surface area contributed by atoms with Crippen LogP contribution in [0.1, 0.15) is 11.3 Å². The van der Waals surface area contributed by atoms with Crippen molar-refractivity contribution in [1.29, 1.82) is 0 Å². The molecule has 0 saturated heterocycles. The van der Waals surface area contributed by atoms with Gasteiger partial charge in [-0.2, -0.15) is 5.10 Å². The number of hydrogen-bond donors (Lipinski definition) is 0. The zero-order valence-electron chi connectivity index (χ0n) is 9.06. The van der Waals surface area contributed by atoms with Gasteiger partial charge in [0.2, 0.25) is 0 Å². The molecule has 0 N–H and O–H groups in total. The van der Waals surface area contributed by atoms with Gasteiger partial charge in [0, 0.05) is 29.8 Å². The fourth-order valence-electron chi connectivity index (χ4n) is 1.37. The second-order valence-corrected chi connectivity index (χ2v) is 4.86. The van der Waals surface area contributed by atoms with Crippen LogP contribution >= 0.6 is 23.4 Å². The fourth-order valence-corrected chi connectivity index (χ4v) is 2.35. The number of hydrogen-bond acceptors (Lipinski definition) is 2. The summed E-state index contributed by atoms with van der Waals surface area (Å²) in [5, 5.41) is 4.33.